The van der Waals surface area contributed by atoms with Crippen LogP contribution in [0.3, 0.4) is 0 Å². The van der Waals surface area contributed by atoms with Crippen LogP contribution in [0.2, 0.25) is 0 Å². The molecule has 28 heavy (non-hydrogen) atoms. The van der Waals surface area contributed by atoms with Crippen molar-refractivity contribution in [2.45, 2.75) is 24.2 Å². The molecule has 9 heteroatoms. The highest BCUT2D eigenvalue weighted by Gasteiger charge is 2.26. The van der Waals surface area contributed by atoms with E-state index in [1.807, 2.05) is 60.7 Å². The molecule has 0 aliphatic heterocycles. The Hall–Kier alpha value is -2.62. The van der Waals surface area contributed by atoms with Gasteiger partial charge >= 0.3 is 0 Å². The van der Waals surface area contributed by atoms with Crippen LogP contribution >= 0.6 is 11.3 Å². The lowest BCUT2D eigenvalue weighted by molar-refractivity contribution is -0.118. The molecule has 0 radical (unpaired) electrons. The average molecular weight is 417 g/mol. The highest BCUT2D eigenvalue weighted by Crippen LogP contribution is 2.26. The summed E-state index contributed by atoms with van der Waals surface area (Å²) in [4.78, 5) is 11.8. The molecule has 2 N–H and O–H groups in total. The van der Waals surface area contributed by atoms with Gasteiger partial charge in [0.1, 0.15) is 0 Å². The molecule has 0 spiro atoms. The lowest BCUT2D eigenvalue weighted by atomic mass is 10.00. The van der Waals surface area contributed by atoms with E-state index < -0.39 is 16.1 Å². The molecule has 0 saturated carbocycles. The van der Waals surface area contributed by atoms with Gasteiger partial charge in [-0.2, -0.15) is 4.72 Å². The molecule has 0 aliphatic rings. The summed E-state index contributed by atoms with van der Waals surface area (Å²) < 4.78 is 28.3. The Bertz CT molecular complexity index is 996. The van der Waals surface area contributed by atoms with Crippen LogP contribution in [-0.4, -0.2) is 24.5 Å². The molecule has 3 rings (SSSR count). The summed E-state index contributed by atoms with van der Waals surface area (Å²) in [7, 11) is -3.95. The van der Waals surface area contributed by atoms with E-state index in [-0.39, 0.29) is 21.3 Å². The highest BCUT2D eigenvalue weighted by atomic mass is 32.2. The molecular formula is C19H20N4O3S2. The predicted octanol–water partition coefficient (Wildman–Crippen LogP) is 3.20. The lowest BCUT2D eigenvalue weighted by Crippen LogP contribution is -2.29. The van der Waals surface area contributed by atoms with E-state index in [4.69, 9.17) is 0 Å². The van der Waals surface area contributed by atoms with Crippen LogP contribution in [0, 0.1) is 5.92 Å². The second-order valence-corrected chi connectivity index (χ2v) is 9.26. The molecule has 0 atom stereocenters. The molecule has 2 aromatic carbocycles. The number of carbonyl (C=O) groups excluding carboxylic acids is 1. The Labute approximate surface area is 167 Å². The van der Waals surface area contributed by atoms with Gasteiger partial charge < -0.3 is 5.32 Å². The number of hydrogen-bond acceptors (Lipinski definition) is 6. The van der Waals surface area contributed by atoms with E-state index in [1.54, 1.807) is 13.8 Å². The molecule has 1 heterocycles. The van der Waals surface area contributed by atoms with E-state index in [1.165, 1.54) is 0 Å². The number of benzene rings is 2. The normalized spacial score (nSPS) is 11.7. The molecule has 1 amide bonds. The summed E-state index contributed by atoms with van der Waals surface area (Å²) >= 11 is 0.813. The Morgan fingerprint density at radius 3 is 1.96 bits per heavy atom. The summed E-state index contributed by atoms with van der Waals surface area (Å²) in [5.74, 6) is -0.498. The Balaban J connectivity index is 1.88. The number of amides is 1. The number of hydrogen-bond donors (Lipinski definition) is 2. The van der Waals surface area contributed by atoms with Crippen molar-refractivity contribution in [3.63, 3.8) is 0 Å². The van der Waals surface area contributed by atoms with Crippen LogP contribution in [0.25, 0.3) is 0 Å². The van der Waals surface area contributed by atoms with Gasteiger partial charge in [-0.1, -0.05) is 85.8 Å². The lowest BCUT2D eigenvalue weighted by Gasteiger charge is -2.18. The first-order chi connectivity index (χ1) is 13.4. The van der Waals surface area contributed by atoms with Gasteiger partial charge in [0.15, 0.2) is 0 Å². The minimum absolute atomic E-state index is 0.148. The van der Waals surface area contributed by atoms with Gasteiger partial charge in [0, 0.05) is 5.92 Å². The maximum Gasteiger partial charge on any atom is 0.270 e. The first kappa shape index (κ1) is 20.1. The summed E-state index contributed by atoms with van der Waals surface area (Å²) in [5.41, 5.74) is 1.60. The molecule has 146 valence electrons. The van der Waals surface area contributed by atoms with Crippen LogP contribution in [0.1, 0.15) is 31.0 Å². The van der Waals surface area contributed by atoms with Crippen molar-refractivity contribution in [2.75, 3.05) is 5.32 Å². The third kappa shape index (κ3) is 4.80. The molecule has 0 bridgehead atoms. The number of aromatic nitrogens is 2. The van der Waals surface area contributed by atoms with Gasteiger partial charge in [-0.15, -0.1) is 10.2 Å². The fourth-order valence-electron chi connectivity index (χ4n) is 2.44. The van der Waals surface area contributed by atoms with Crippen molar-refractivity contribution in [2.24, 2.45) is 5.92 Å². The third-order valence-electron chi connectivity index (χ3n) is 3.93. The zero-order valence-electron chi connectivity index (χ0n) is 15.4. The molecule has 0 saturated heterocycles. The molecule has 1 aromatic heterocycles. The van der Waals surface area contributed by atoms with Crippen LogP contribution in [0.15, 0.2) is 65.0 Å². The van der Waals surface area contributed by atoms with E-state index in [0.717, 1.165) is 22.5 Å². The third-order valence-corrected chi connectivity index (χ3v) is 6.56. The van der Waals surface area contributed by atoms with Crippen LogP contribution < -0.4 is 10.0 Å². The maximum atomic E-state index is 12.9. The maximum absolute atomic E-state index is 12.9. The zero-order valence-corrected chi connectivity index (χ0v) is 17.0. The van der Waals surface area contributed by atoms with Crippen molar-refractivity contribution >= 4 is 32.4 Å². The Morgan fingerprint density at radius 1 is 0.929 bits per heavy atom. The Morgan fingerprint density at radius 2 is 1.46 bits per heavy atom. The fourth-order valence-corrected chi connectivity index (χ4v) is 4.58. The van der Waals surface area contributed by atoms with Gasteiger partial charge in [0.2, 0.25) is 15.4 Å². The van der Waals surface area contributed by atoms with Gasteiger partial charge in [-0.05, 0) is 11.1 Å². The quantitative estimate of drug-likeness (QED) is 0.576. The van der Waals surface area contributed by atoms with Crippen LogP contribution in [-0.2, 0) is 14.8 Å². The smallest absolute Gasteiger partial charge is 0.270 e. The minimum Gasteiger partial charge on any atom is -0.300 e. The highest BCUT2D eigenvalue weighted by molar-refractivity contribution is 7.91. The monoisotopic (exact) mass is 416 g/mol. The first-order valence-corrected chi connectivity index (χ1v) is 10.9. The summed E-state index contributed by atoms with van der Waals surface area (Å²) in [6.45, 7) is 3.47. The van der Waals surface area contributed by atoms with Crippen molar-refractivity contribution in [1.29, 1.82) is 0 Å². The van der Waals surface area contributed by atoms with Gasteiger partial charge in [-0.25, -0.2) is 8.42 Å². The van der Waals surface area contributed by atoms with Gasteiger partial charge in [-0.3, -0.25) is 4.79 Å². The standard InChI is InChI=1S/C19H20N4O3S2/c1-13(2)17(24)20-18-21-22-19(27-18)28(25,26)23-16(14-9-5-3-6-10-14)15-11-7-4-8-12-15/h3-13,16,23H,1-2H3,(H,20,21,24). The first-order valence-electron chi connectivity index (χ1n) is 8.63. The predicted molar refractivity (Wildman–Crippen MR) is 108 cm³/mol. The van der Waals surface area contributed by atoms with E-state index >= 15 is 0 Å². The van der Waals surface area contributed by atoms with E-state index in [0.29, 0.717) is 0 Å². The van der Waals surface area contributed by atoms with Gasteiger partial charge in [0.05, 0.1) is 6.04 Å². The van der Waals surface area contributed by atoms with E-state index in [9.17, 15) is 13.2 Å². The summed E-state index contributed by atoms with van der Waals surface area (Å²) in [6, 6.07) is 18.0. The van der Waals surface area contributed by atoms with Crippen molar-refractivity contribution < 1.29 is 13.2 Å². The molecular weight excluding hydrogens is 396 g/mol. The van der Waals surface area contributed by atoms with Crippen molar-refractivity contribution in [1.82, 2.24) is 14.9 Å². The van der Waals surface area contributed by atoms with E-state index in [2.05, 4.69) is 20.2 Å². The van der Waals surface area contributed by atoms with Gasteiger partial charge in [0.25, 0.3) is 10.0 Å². The van der Waals surface area contributed by atoms with Crippen molar-refractivity contribution in [3.05, 3.63) is 71.8 Å². The number of sulfonamides is 1. The number of nitrogens with one attached hydrogen (secondary N) is 2. The summed E-state index contributed by atoms with van der Waals surface area (Å²) in [6.07, 6.45) is 0. The molecule has 0 aliphatic carbocycles. The topological polar surface area (TPSA) is 101 Å². The second-order valence-electron chi connectivity index (χ2n) is 6.39. The number of nitrogens with zero attached hydrogens (tertiary/aromatic N) is 2. The fraction of sp³-hybridized carbons (Fsp3) is 0.211. The minimum atomic E-state index is -3.95. The Kier molecular flexibility index (Phi) is 6.18. The molecule has 3 aromatic rings. The molecule has 0 unspecified atom stereocenters. The number of anilines is 1. The number of carbonyl (C=O) groups is 1. The summed E-state index contributed by atoms with van der Waals surface area (Å²) in [5, 5.41) is 10.2. The zero-order chi connectivity index (χ0) is 20.1. The largest absolute Gasteiger partial charge is 0.300 e. The van der Waals surface area contributed by atoms with Crippen molar-refractivity contribution in [3.8, 4) is 0 Å². The molecule has 0 fully saturated rings. The average Bonchev–Trinajstić information content (AvgIpc) is 3.17. The number of rotatable bonds is 7. The molecule has 7 nitrogen and oxygen atoms in total. The van der Waals surface area contributed by atoms with Crippen LogP contribution in [0.5, 0.6) is 0 Å². The second kappa shape index (κ2) is 8.59. The SMILES string of the molecule is CC(C)C(=O)Nc1nnc(S(=O)(=O)NC(c2ccccc2)c2ccccc2)s1. The van der Waals surface area contributed by atoms with Crippen LogP contribution in [0.4, 0.5) is 5.13 Å².